The van der Waals surface area contributed by atoms with Gasteiger partial charge in [0, 0.05) is 6.42 Å². The van der Waals surface area contributed by atoms with Gasteiger partial charge in [0.2, 0.25) is 6.29 Å². The predicted octanol–water partition coefficient (Wildman–Crippen LogP) is -0.700. The number of hydrogen-bond acceptors (Lipinski definition) is 7. The maximum atomic E-state index is 11.6. The first-order chi connectivity index (χ1) is 9.51. The minimum atomic E-state index is -1.53. The Bertz CT molecular complexity index is 294. The normalized spacial score (nSPS) is 34.0. The molecule has 0 unspecified atom stereocenters. The zero-order valence-electron chi connectivity index (χ0n) is 11.6. The van der Waals surface area contributed by atoms with Crippen molar-refractivity contribution >= 4 is 5.97 Å². The molecule has 1 rings (SSSR count). The molecule has 0 bridgehead atoms. The van der Waals surface area contributed by atoms with Gasteiger partial charge in [0.05, 0.1) is 6.61 Å². The van der Waals surface area contributed by atoms with E-state index < -0.39 is 43.3 Å². The summed E-state index contributed by atoms with van der Waals surface area (Å²) in [7, 11) is 0. The van der Waals surface area contributed by atoms with E-state index in [4.69, 9.17) is 14.6 Å². The fourth-order valence-corrected chi connectivity index (χ4v) is 2.05. The fourth-order valence-electron chi connectivity index (χ4n) is 2.05. The Morgan fingerprint density at radius 1 is 1.10 bits per heavy atom. The molecule has 0 spiro atoms. The van der Waals surface area contributed by atoms with Gasteiger partial charge in [0.25, 0.3) is 0 Å². The summed E-state index contributed by atoms with van der Waals surface area (Å²) in [5.41, 5.74) is 0. The zero-order valence-corrected chi connectivity index (χ0v) is 11.6. The van der Waals surface area contributed by atoms with E-state index >= 15 is 0 Å². The van der Waals surface area contributed by atoms with Crippen LogP contribution < -0.4 is 0 Å². The lowest BCUT2D eigenvalue weighted by molar-refractivity contribution is -0.292. The molecule has 0 saturated carbocycles. The van der Waals surface area contributed by atoms with Crippen molar-refractivity contribution < 1.29 is 34.7 Å². The second kappa shape index (κ2) is 8.53. The molecule has 1 aliphatic heterocycles. The molecule has 0 aromatic heterocycles. The van der Waals surface area contributed by atoms with Crippen molar-refractivity contribution in [2.24, 2.45) is 0 Å². The third-order valence-electron chi connectivity index (χ3n) is 3.33. The van der Waals surface area contributed by atoms with Crippen molar-refractivity contribution in [3.63, 3.8) is 0 Å². The number of rotatable bonds is 7. The quantitative estimate of drug-likeness (QED) is 0.362. The molecule has 118 valence electrons. The standard InChI is InChI=1S/C13H24O7/c1-2-3-4-5-6-9(15)20-13-12(18)11(17)10(16)8(7-14)19-13/h8,10-14,16-18H,2-7H2,1H3/t8-,10-,11+,12-,13+/m1/s1. The molecular formula is C13H24O7. The second-order valence-corrected chi connectivity index (χ2v) is 5.00. The lowest BCUT2D eigenvalue weighted by atomic mass is 9.99. The van der Waals surface area contributed by atoms with Gasteiger partial charge >= 0.3 is 5.97 Å². The van der Waals surface area contributed by atoms with Gasteiger partial charge in [-0.25, -0.2) is 0 Å². The molecular weight excluding hydrogens is 268 g/mol. The summed E-state index contributed by atoms with van der Waals surface area (Å²) in [6.07, 6.45) is -3.05. The molecule has 0 aromatic carbocycles. The van der Waals surface area contributed by atoms with Crippen molar-refractivity contribution in [2.45, 2.75) is 69.7 Å². The highest BCUT2D eigenvalue weighted by molar-refractivity contribution is 5.69. The minimum Gasteiger partial charge on any atom is -0.433 e. The molecule has 1 fully saturated rings. The van der Waals surface area contributed by atoms with Gasteiger partial charge in [-0.15, -0.1) is 0 Å². The monoisotopic (exact) mass is 292 g/mol. The Labute approximate surface area is 118 Å². The van der Waals surface area contributed by atoms with Crippen molar-refractivity contribution in [1.29, 1.82) is 0 Å². The molecule has 1 saturated heterocycles. The maximum absolute atomic E-state index is 11.6. The van der Waals surface area contributed by atoms with Gasteiger partial charge < -0.3 is 29.9 Å². The molecule has 4 N–H and O–H groups in total. The summed E-state index contributed by atoms with van der Waals surface area (Å²) >= 11 is 0. The van der Waals surface area contributed by atoms with E-state index in [1.165, 1.54) is 0 Å². The number of hydrogen-bond donors (Lipinski definition) is 4. The Hall–Kier alpha value is -0.730. The molecule has 1 aliphatic rings. The maximum Gasteiger partial charge on any atom is 0.308 e. The number of unbranched alkanes of at least 4 members (excludes halogenated alkanes) is 3. The minimum absolute atomic E-state index is 0.203. The summed E-state index contributed by atoms with van der Waals surface area (Å²) in [6, 6.07) is 0. The third kappa shape index (κ3) is 4.68. The van der Waals surface area contributed by atoms with E-state index in [-0.39, 0.29) is 6.42 Å². The molecule has 1 heterocycles. The Kier molecular flexibility index (Phi) is 7.39. The van der Waals surface area contributed by atoms with Gasteiger partial charge in [0.1, 0.15) is 24.4 Å². The highest BCUT2D eigenvalue weighted by Crippen LogP contribution is 2.22. The van der Waals surface area contributed by atoms with Gasteiger partial charge in [-0.05, 0) is 6.42 Å². The van der Waals surface area contributed by atoms with Crippen molar-refractivity contribution in [1.82, 2.24) is 0 Å². The van der Waals surface area contributed by atoms with Crippen molar-refractivity contribution in [3.05, 3.63) is 0 Å². The average Bonchev–Trinajstić information content (AvgIpc) is 2.44. The lowest BCUT2D eigenvalue weighted by Gasteiger charge is -2.39. The Morgan fingerprint density at radius 3 is 2.40 bits per heavy atom. The second-order valence-electron chi connectivity index (χ2n) is 5.00. The van der Waals surface area contributed by atoms with Crippen LogP contribution in [0.15, 0.2) is 0 Å². The molecule has 20 heavy (non-hydrogen) atoms. The SMILES string of the molecule is CCCCCCC(=O)O[C@@H]1O[C@H](CO)[C@@H](O)[C@H](O)[C@H]1O. The van der Waals surface area contributed by atoms with Crippen LogP contribution in [-0.4, -0.2) is 63.7 Å². The van der Waals surface area contributed by atoms with Crippen LogP contribution in [0.2, 0.25) is 0 Å². The number of aliphatic hydroxyl groups excluding tert-OH is 4. The molecule has 5 atom stereocenters. The number of ether oxygens (including phenoxy) is 2. The summed E-state index contributed by atoms with van der Waals surface area (Å²) < 4.78 is 10.0. The van der Waals surface area contributed by atoms with E-state index in [0.717, 1.165) is 19.3 Å². The van der Waals surface area contributed by atoms with Crippen LogP contribution in [0, 0.1) is 0 Å². The van der Waals surface area contributed by atoms with Crippen LogP contribution in [0.3, 0.4) is 0 Å². The Morgan fingerprint density at radius 2 is 1.80 bits per heavy atom. The molecule has 0 amide bonds. The smallest absolute Gasteiger partial charge is 0.308 e. The molecule has 7 heteroatoms. The first-order valence-corrected chi connectivity index (χ1v) is 7.01. The highest BCUT2D eigenvalue weighted by Gasteiger charge is 2.45. The highest BCUT2D eigenvalue weighted by atomic mass is 16.7. The molecule has 0 aromatic rings. The van der Waals surface area contributed by atoms with Gasteiger partial charge in [0.15, 0.2) is 0 Å². The number of carbonyl (C=O) groups is 1. The first kappa shape index (κ1) is 17.3. The molecule has 0 aliphatic carbocycles. The molecule has 7 nitrogen and oxygen atoms in total. The van der Waals surface area contributed by atoms with E-state index in [9.17, 15) is 20.1 Å². The van der Waals surface area contributed by atoms with E-state index in [1.807, 2.05) is 0 Å². The van der Waals surface area contributed by atoms with E-state index in [0.29, 0.717) is 6.42 Å². The fraction of sp³-hybridized carbons (Fsp3) is 0.923. The third-order valence-corrected chi connectivity index (χ3v) is 3.33. The van der Waals surface area contributed by atoms with Gasteiger partial charge in [-0.1, -0.05) is 26.2 Å². The van der Waals surface area contributed by atoms with E-state index in [2.05, 4.69) is 6.92 Å². The summed E-state index contributed by atoms with van der Waals surface area (Å²) in [5.74, 6) is -0.537. The van der Waals surface area contributed by atoms with Crippen LogP contribution in [0.4, 0.5) is 0 Å². The summed E-state index contributed by atoms with van der Waals surface area (Å²) in [6.45, 7) is 1.52. The van der Waals surface area contributed by atoms with Crippen molar-refractivity contribution in [3.8, 4) is 0 Å². The predicted molar refractivity (Wildman–Crippen MR) is 68.6 cm³/mol. The van der Waals surface area contributed by atoms with Crippen LogP contribution in [0.1, 0.15) is 39.0 Å². The Balaban J connectivity index is 2.43. The van der Waals surface area contributed by atoms with Crippen molar-refractivity contribution in [2.75, 3.05) is 6.61 Å². The largest absolute Gasteiger partial charge is 0.433 e. The summed E-state index contributed by atoms with van der Waals surface area (Å²) in [5, 5.41) is 37.8. The van der Waals surface area contributed by atoms with E-state index in [1.54, 1.807) is 0 Å². The van der Waals surface area contributed by atoms with Gasteiger partial charge in [-0.3, -0.25) is 4.79 Å². The van der Waals surface area contributed by atoms with Gasteiger partial charge in [-0.2, -0.15) is 0 Å². The van der Waals surface area contributed by atoms with Crippen LogP contribution in [0.5, 0.6) is 0 Å². The van der Waals surface area contributed by atoms with Crippen LogP contribution in [0.25, 0.3) is 0 Å². The average molecular weight is 292 g/mol. The van der Waals surface area contributed by atoms with Crippen LogP contribution >= 0.6 is 0 Å². The first-order valence-electron chi connectivity index (χ1n) is 7.01. The number of carbonyl (C=O) groups excluding carboxylic acids is 1. The summed E-state index contributed by atoms with van der Waals surface area (Å²) in [4.78, 5) is 11.6. The zero-order chi connectivity index (χ0) is 15.1. The number of aliphatic hydroxyl groups is 4. The molecule has 0 radical (unpaired) electrons. The number of esters is 1. The lowest BCUT2D eigenvalue weighted by Crippen LogP contribution is -2.59. The van der Waals surface area contributed by atoms with Crippen LogP contribution in [-0.2, 0) is 14.3 Å². The topological polar surface area (TPSA) is 116 Å².